The highest BCUT2D eigenvalue weighted by Crippen LogP contribution is 2.45. The number of nitrogens with one attached hydrogen (secondary N) is 2. The fourth-order valence-electron chi connectivity index (χ4n) is 7.40. The van der Waals surface area contributed by atoms with Crippen molar-refractivity contribution >= 4 is 23.2 Å². The molecule has 0 spiro atoms. The fourth-order valence-corrected chi connectivity index (χ4v) is 8.48. The minimum absolute atomic E-state index is 0.0445. The highest BCUT2D eigenvalue weighted by Gasteiger charge is 2.38. The van der Waals surface area contributed by atoms with Crippen LogP contribution in [0.1, 0.15) is 104 Å². The van der Waals surface area contributed by atoms with Gasteiger partial charge in [-0.25, -0.2) is 4.98 Å². The molecule has 2 aromatic carbocycles. The van der Waals surface area contributed by atoms with Crippen molar-refractivity contribution < 1.29 is 14.3 Å². The molecule has 1 heterocycles. The maximum atomic E-state index is 13.7. The Morgan fingerprint density at radius 2 is 1.86 bits per heavy atom. The molecule has 4 atom stereocenters. The van der Waals surface area contributed by atoms with E-state index in [1.807, 2.05) is 12.3 Å². The Labute approximate surface area is 265 Å². The zero-order valence-electron chi connectivity index (χ0n) is 26.0. The third kappa shape index (κ3) is 7.02. The largest absolute Gasteiger partial charge is 0.496 e. The first-order chi connectivity index (χ1) is 21.4. The summed E-state index contributed by atoms with van der Waals surface area (Å²) >= 11 is 1.79. The molecule has 7 nitrogen and oxygen atoms in total. The van der Waals surface area contributed by atoms with Crippen LogP contribution in [-0.2, 0) is 9.59 Å². The lowest BCUT2D eigenvalue weighted by atomic mass is 9.71. The average molecular weight is 615 g/mol. The van der Waals surface area contributed by atoms with E-state index in [-0.39, 0.29) is 48.2 Å². The first-order valence-corrected chi connectivity index (χ1v) is 17.3. The van der Waals surface area contributed by atoms with Crippen molar-refractivity contribution in [1.82, 2.24) is 15.6 Å². The van der Waals surface area contributed by atoms with E-state index in [0.717, 1.165) is 67.4 Å². The SMILES string of the molecule is COc1ccc(C2CCC(C(NC(=O)C3CCCCC3)c3cccc(-c4cnc(C5CC5)s4)c3)CC2NC(=O)CN)cc1C. The molecular weight excluding hydrogens is 568 g/mol. The molecule has 1 aromatic heterocycles. The lowest BCUT2D eigenvalue weighted by Crippen LogP contribution is -2.48. The van der Waals surface area contributed by atoms with Crippen LogP contribution >= 0.6 is 11.3 Å². The normalized spacial score (nSPS) is 23.1. The number of aromatic nitrogens is 1. The summed E-state index contributed by atoms with van der Waals surface area (Å²) in [6.07, 6.45) is 12.5. The van der Waals surface area contributed by atoms with E-state index in [2.05, 4.69) is 54.0 Å². The fraction of sp³-hybridized carbons (Fsp3) is 0.528. The number of thiazole rings is 1. The number of nitrogens with two attached hydrogens (primary N) is 1. The first kappa shape index (κ1) is 30.8. The van der Waals surface area contributed by atoms with E-state index in [4.69, 9.17) is 15.5 Å². The van der Waals surface area contributed by atoms with Gasteiger partial charge in [-0.2, -0.15) is 0 Å². The second-order valence-corrected chi connectivity index (χ2v) is 14.1. The molecule has 0 bridgehead atoms. The quantitative estimate of drug-likeness (QED) is 0.234. The van der Waals surface area contributed by atoms with Crippen LogP contribution in [0.4, 0.5) is 0 Å². The summed E-state index contributed by atoms with van der Waals surface area (Å²) in [5.74, 6) is 1.91. The molecule has 3 saturated carbocycles. The Hall–Kier alpha value is -3.23. The Morgan fingerprint density at radius 1 is 1.05 bits per heavy atom. The van der Waals surface area contributed by atoms with Crippen LogP contribution in [0.2, 0.25) is 0 Å². The van der Waals surface area contributed by atoms with Crippen molar-refractivity contribution in [2.24, 2.45) is 17.6 Å². The van der Waals surface area contributed by atoms with E-state index in [0.29, 0.717) is 5.92 Å². The molecule has 2 amide bonds. The molecule has 3 fully saturated rings. The van der Waals surface area contributed by atoms with Gasteiger partial charge in [-0.05, 0) is 92.2 Å². The van der Waals surface area contributed by atoms with Crippen molar-refractivity contribution in [3.05, 3.63) is 70.4 Å². The predicted octanol–water partition coefficient (Wildman–Crippen LogP) is 6.77. The number of rotatable bonds is 10. The lowest BCUT2D eigenvalue weighted by molar-refractivity contribution is -0.127. The zero-order chi connectivity index (χ0) is 30.6. The maximum absolute atomic E-state index is 13.7. The third-order valence-electron chi connectivity index (χ3n) is 10.00. The molecule has 0 aliphatic heterocycles. The summed E-state index contributed by atoms with van der Waals surface area (Å²) < 4.78 is 5.51. The smallest absolute Gasteiger partial charge is 0.233 e. The highest BCUT2D eigenvalue weighted by molar-refractivity contribution is 7.15. The number of hydrogen-bond donors (Lipinski definition) is 3. The van der Waals surface area contributed by atoms with Crippen LogP contribution < -0.4 is 21.1 Å². The van der Waals surface area contributed by atoms with Gasteiger partial charge in [-0.15, -0.1) is 11.3 Å². The number of hydrogen-bond acceptors (Lipinski definition) is 6. The van der Waals surface area contributed by atoms with Crippen LogP contribution in [0.15, 0.2) is 48.7 Å². The molecule has 3 aromatic rings. The van der Waals surface area contributed by atoms with Gasteiger partial charge in [0, 0.05) is 30.0 Å². The summed E-state index contributed by atoms with van der Waals surface area (Å²) in [5.41, 5.74) is 10.3. The van der Waals surface area contributed by atoms with Gasteiger partial charge in [0.1, 0.15) is 5.75 Å². The Bertz CT molecular complexity index is 1460. The first-order valence-electron chi connectivity index (χ1n) is 16.4. The van der Waals surface area contributed by atoms with Crippen molar-refractivity contribution in [3.63, 3.8) is 0 Å². The standard InChI is InChI=1S/C36H46N4O3S/c1-22-17-25(14-16-31(22)43-2)29-15-13-28(19-30(29)39-33(41)20-37)34(40-35(42)23-7-4-3-5-8-23)27-10-6-9-26(18-27)32-21-38-36(44-32)24-11-12-24/h6,9-10,14,16-18,21,23-24,28-30,34H,3-5,7-8,11-13,15,19-20,37H2,1-2H3,(H,39,41)(H,40,42). The topological polar surface area (TPSA) is 106 Å². The van der Waals surface area contributed by atoms with Crippen LogP contribution in [-0.4, -0.2) is 36.5 Å². The number of methoxy groups -OCH3 is 1. The second kappa shape index (κ2) is 13.8. The highest BCUT2D eigenvalue weighted by atomic mass is 32.1. The van der Waals surface area contributed by atoms with E-state index in [9.17, 15) is 9.59 Å². The number of nitrogens with zero attached hydrogens (tertiary/aromatic N) is 1. The van der Waals surface area contributed by atoms with Gasteiger partial charge in [-0.3, -0.25) is 9.59 Å². The molecular formula is C36H46N4O3S. The molecule has 4 unspecified atom stereocenters. The molecule has 0 radical (unpaired) electrons. The molecule has 3 aliphatic rings. The Kier molecular flexibility index (Phi) is 9.67. The summed E-state index contributed by atoms with van der Waals surface area (Å²) in [5, 5.41) is 8.04. The average Bonchev–Trinajstić information content (AvgIpc) is 3.79. The van der Waals surface area contributed by atoms with Gasteiger partial charge >= 0.3 is 0 Å². The molecule has 3 aliphatic carbocycles. The summed E-state index contributed by atoms with van der Waals surface area (Å²) in [6.45, 7) is 2.01. The number of carbonyl (C=O) groups excluding carboxylic acids is 2. The molecule has 0 saturated heterocycles. The van der Waals surface area contributed by atoms with Gasteiger partial charge < -0.3 is 21.1 Å². The minimum Gasteiger partial charge on any atom is -0.496 e. The molecule has 4 N–H and O–H groups in total. The number of carbonyl (C=O) groups is 2. The number of benzene rings is 2. The van der Waals surface area contributed by atoms with Crippen molar-refractivity contribution in [2.45, 2.75) is 95.1 Å². The molecule has 44 heavy (non-hydrogen) atoms. The number of aryl methyl sites for hydroxylation is 1. The summed E-state index contributed by atoms with van der Waals surface area (Å²) in [4.78, 5) is 32.3. The van der Waals surface area contributed by atoms with E-state index >= 15 is 0 Å². The van der Waals surface area contributed by atoms with Crippen molar-refractivity contribution in [3.8, 4) is 16.2 Å². The second-order valence-electron chi connectivity index (χ2n) is 13.1. The molecule has 8 heteroatoms. The van der Waals surface area contributed by atoms with E-state index in [1.54, 1.807) is 18.4 Å². The van der Waals surface area contributed by atoms with Gasteiger partial charge in [0.05, 0.1) is 29.6 Å². The van der Waals surface area contributed by atoms with Crippen molar-refractivity contribution in [2.75, 3.05) is 13.7 Å². The lowest BCUT2D eigenvalue weighted by Gasteiger charge is -2.41. The third-order valence-corrected chi connectivity index (χ3v) is 11.2. The summed E-state index contributed by atoms with van der Waals surface area (Å²) in [6, 6.07) is 14.8. The monoisotopic (exact) mass is 614 g/mol. The number of ether oxygens (including phenoxy) is 1. The van der Waals surface area contributed by atoms with Crippen LogP contribution in [0.5, 0.6) is 5.75 Å². The van der Waals surface area contributed by atoms with Crippen LogP contribution in [0.3, 0.4) is 0 Å². The van der Waals surface area contributed by atoms with Gasteiger partial charge in [-0.1, -0.05) is 49.6 Å². The van der Waals surface area contributed by atoms with E-state index in [1.165, 1.54) is 34.7 Å². The molecule has 234 valence electrons. The number of amides is 2. The zero-order valence-corrected chi connectivity index (χ0v) is 26.8. The van der Waals surface area contributed by atoms with E-state index < -0.39 is 0 Å². The Morgan fingerprint density at radius 3 is 2.59 bits per heavy atom. The van der Waals surface area contributed by atoms with Gasteiger partial charge in [0.15, 0.2) is 0 Å². The van der Waals surface area contributed by atoms with Crippen molar-refractivity contribution in [1.29, 1.82) is 0 Å². The molecule has 6 rings (SSSR count). The van der Waals surface area contributed by atoms with Gasteiger partial charge in [0.2, 0.25) is 11.8 Å². The Balaban J connectivity index is 1.30. The minimum atomic E-state index is -0.146. The maximum Gasteiger partial charge on any atom is 0.233 e. The van der Waals surface area contributed by atoms with Crippen LogP contribution in [0.25, 0.3) is 10.4 Å². The summed E-state index contributed by atoms with van der Waals surface area (Å²) in [7, 11) is 1.69. The van der Waals surface area contributed by atoms with Crippen LogP contribution in [0, 0.1) is 18.8 Å². The van der Waals surface area contributed by atoms with Gasteiger partial charge in [0.25, 0.3) is 0 Å². The predicted molar refractivity (Wildman–Crippen MR) is 176 cm³/mol.